The number of nitrogens with zero attached hydrogens (tertiary/aromatic N) is 5. The first-order chi connectivity index (χ1) is 13.3. The maximum atomic E-state index is 12.2. The van der Waals surface area contributed by atoms with Crippen LogP contribution in [0.2, 0.25) is 0 Å². The zero-order chi connectivity index (χ0) is 19.9. The van der Waals surface area contributed by atoms with Gasteiger partial charge < -0.3 is 19.9 Å². The van der Waals surface area contributed by atoms with Crippen LogP contribution in [0.15, 0.2) is 6.20 Å². The molecule has 1 aromatic rings. The molecule has 154 valence electrons. The predicted molar refractivity (Wildman–Crippen MR) is 102 cm³/mol. The highest BCUT2D eigenvalue weighted by Crippen LogP contribution is 2.28. The third-order valence-corrected chi connectivity index (χ3v) is 5.81. The summed E-state index contributed by atoms with van der Waals surface area (Å²) in [6.07, 6.45) is 5.50. The lowest BCUT2D eigenvalue weighted by molar-refractivity contribution is 0.0204. The van der Waals surface area contributed by atoms with Gasteiger partial charge in [-0.2, -0.15) is 0 Å². The summed E-state index contributed by atoms with van der Waals surface area (Å²) in [6, 6.07) is 0.537. The highest BCUT2D eigenvalue weighted by Gasteiger charge is 2.38. The average molecular weight is 390 g/mol. The minimum Gasteiger partial charge on any atom is -0.444 e. The molecule has 2 atom stereocenters. The standard InChI is InChI=1S/C19H30N6O3/c1-19(2,3)28-18(27)23-8-6-13(7-9-23)16-12-24(22-21-16)11-15-5-4-14-10-25(15)17(26)20-14/h12-15H,4-11H2,1-3H3,(H,20,26)/t14-,15+/m1/s1. The van der Waals surface area contributed by atoms with Gasteiger partial charge in [-0.3, -0.25) is 4.68 Å². The molecule has 4 rings (SSSR count). The number of hydrogen-bond acceptors (Lipinski definition) is 5. The van der Waals surface area contributed by atoms with Gasteiger partial charge >= 0.3 is 12.1 Å². The molecule has 2 bridgehead atoms. The molecule has 3 aliphatic heterocycles. The summed E-state index contributed by atoms with van der Waals surface area (Å²) in [4.78, 5) is 27.9. The van der Waals surface area contributed by atoms with Gasteiger partial charge in [0.05, 0.1) is 18.3 Å². The van der Waals surface area contributed by atoms with Crippen LogP contribution in [0.4, 0.5) is 9.59 Å². The SMILES string of the molecule is CC(C)(C)OC(=O)N1CCC(c2cn(C[C@@H]3CC[C@@H]4CN3C(=O)N4)nn2)CC1. The van der Waals surface area contributed by atoms with Gasteiger partial charge in [-0.05, 0) is 46.5 Å². The van der Waals surface area contributed by atoms with Crippen molar-refractivity contribution in [3.63, 3.8) is 0 Å². The normalized spacial score (nSPS) is 25.8. The molecule has 3 fully saturated rings. The van der Waals surface area contributed by atoms with Crippen molar-refractivity contribution in [2.24, 2.45) is 0 Å². The van der Waals surface area contributed by atoms with Crippen molar-refractivity contribution in [2.75, 3.05) is 19.6 Å². The Balaban J connectivity index is 1.30. The Morgan fingerprint density at radius 3 is 2.71 bits per heavy atom. The number of carbonyl (C=O) groups excluding carboxylic acids is 2. The predicted octanol–water partition coefficient (Wildman–Crippen LogP) is 1.95. The van der Waals surface area contributed by atoms with Gasteiger partial charge in [0.1, 0.15) is 5.60 Å². The summed E-state index contributed by atoms with van der Waals surface area (Å²) >= 11 is 0. The summed E-state index contributed by atoms with van der Waals surface area (Å²) in [7, 11) is 0. The van der Waals surface area contributed by atoms with Crippen molar-refractivity contribution in [2.45, 2.75) is 76.6 Å². The first kappa shape index (κ1) is 19.0. The van der Waals surface area contributed by atoms with Crippen molar-refractivity contribution in [1.29, 1.82) is 0 Å². The quantitative estimate of drug-likeness (QED) is 0.852. The molecular formula is C19H30N6O3. The smallest absolute Gasteiger partial charge is 0.410 e. The zero-order valence-corrected chi connectivity index (χ0v) is 16.9. The van der Waals surface area contributed by atoms with E-state index in [1.807, 2.05) is 36.5 Å². The number of ether oxygens (including phenoxy) is 1. The lowest BCUT2D eigenvalue weighted by Gasteiger charge is -2.32. The van der Waals surface area contributed by atoms with Crippen molar-refractivity contribution in [1.82, 2.24) is 30.1 Å². The second-order valence-electron chi connectivity index (χ2n) is 9.14. The molecule has 0 aromatic carbocycles. The van der Waals surface area contributed by atoms with Crippen LogP contribution in [-0.2, 0) is 11.3 Å². The number of urea groups is 1. The third kappa shape index (κ3) is 4.07. The average Bonchev–Trinajstić information content (AvgIpc) is 3.21. The maximum absolute atomic E-state index is 12.2. The Bertz CT molecular complexity index is 734. The number of likely N-dealkylation sites (tertiary alicyclic amines) is 1. The van der Waals surface area contributed by atoms with Crippen LogP contribution in [0, 0.1) is 0 Å². The van der Waals surface area contributed by atoms with E-state index in [4.69, 9.17) is 4.74 Å². The summed E-state index contributed by atoms with van der Waals surface area (Å²) in [5.74, 6) is 0.304. The highest BCUT2D eigenvalue weighted by atomic mass is 16.6. The van der Waals surface area contributed by atoms with E-state index in [0.717, 1.165) is 37.9 Å². The molecule has 0 aliphatic carbocycles. The molecule has 3 saturated heterocycles. The zero-order valence-electron chi connectivity index (χ0n) is 16.9. The van der Waals surface area contributed by atoms with Gasteiger partial charge in [-0.25, -0.2) is 9.59 Å². The van der Waals surface area contributed by atoms with Crippen LogP contribution in [0.25, 0.3) is 0 Å². The second kappa shape index (κ2) is 7.25. The second-order valence-corrected chi connectivity index (χ2v) is 9.14. The number of carbonyl (C=O) groups is 2. The minimum absolute atomic E-state index is 0.0438. The van der Waals surface area contributed by atoms with Crippen LogP contribution in [0.5, 0.6) is 0 Å². The van der Waals surface area contributed by atoms with Gasteiger partial charge in [0.15, 0.2) is 0 Å². The van der Waals surface area contributed by atoms with Crippen molar-refractivity contribution < 1.29 is 14.3 Å². The monoisotopic (exact) mass is 390 g/mol. The fourth-order valence-corrected chi connectivity index (χ4v) is 4.33. The number of hydrogen-bond donors (Lipinski definition) is 1. The highest BCUT2D eigenvalue weighted by molar-refractivity contribution is 5.77. The topological polar surface area (TPSA) is 92.6 Å². The van der Waals surface area contributed by atoms with E-state index in [-0.39, 0.29) is 18.2 Å². The molecule has 0 saturated carbocycles. The molecule has 4 heterocycles. The molecule has 3 aliphatic rings. The Morgan fingerprint density at radius 1 is 1.25 bits per heavy atom. The maximum Gasteiger partial charge on any atom is 0.410 e. The Hall–Kier alpha value is -2.32. The number of nitrogens with one attached hydrogen (secondary N) is 1. The molecule has 0 unspecified atom stereocenters. The van der Waals surface area contributed by atoms with E-state index >= 15 is 0 Å². The molecule has 28 heavy (non-hydrogen) atoms. The van der Waals surface area contributed by atoms with Crippen molar-refractivity contribution >= 4 is 12.1 Å². The number of piperidine rings is 2. The van der Waals surface area contributed by atoms with Gasteiger partial charge in [-0.15, -0.1) is 5.10 Å². The van der Waals surface area contributed by atoms with Gasteiger partial charge in [0, 0.05) is 37.8 Å². The molecule has 0 spiro atoms. The van der Waals surface area contributed by atoms with E-state index in [9.17, 15) is 9.59 Å². The van der Waals surface area contributed by atoms with Crippen LogP contribution < -0.4 is 5.32 Å². The van der Waals surface area contributed by atoms with Crippen LogP contribution >= 0.6 is 0 Å². The largest absolute Gasteiger partial charge is 0.444 e. The molecule has 1 aromatic heterocycles. The van der Waals surface area contributed by atoms with Gasteiger partial charge in [0.25, 0.3) is 0 Å². The summed E-state index contributed by atoms with van der Waals surface area (Å²) in [5.41, 5.74) is 0.505. The fraction of sp³-hybridized carbons (Fsp3) is 0.789. The number of rotatable bonds is 3. The van der Waals surface area contributed by atoms with E-state index in [1.54, 1.807) is 4.90 Å². The molecule has 3 amide bonds. The van der Waals surface area contributed by atoms with Crippen LogP contribution in [0.3, 0.4) is 0 Å². The lowest BCUT2D eigenvalue weighted by Crippen LogP contribution is -2.42. The van der Waals surface area contributed by atoms with Gasteiger partial charge in [-0.1, -0.05) is 5.21 Å². The molecular weight excluding hydrogens is 360 g/mol. The number of aromatic nitrogens is 3. The van der Waals surface area contributed by atoms with Crippen LogP contribution in [0.1, 0.15) is 58.1 Å². The molecule has 9 nitrogen and oxygen atoms in total. The molecule has 9 heteroatoms. The molecule has 1 N–H and O–H groups in total. The van der Waals surface area contributed by atoms with E-state index in [0.29, 0.717) is 31.6 Å². The van der Waals surface area contributed by atoms with E-state index in [2.05, 4.69) is 15.6 Å². The Morgan fingerprint density at radius 2 is 2.00 bits per heavy atom. The number of amides is 3. The summed E-state index contributed by atoms with van der Waals surface area (Å²) in [5, 5.41) is 11.7. The Labute approximate surface area is 165 Å². The summed E-state index contributed by atoms with van der Waals surface area (Å²) < 4.78 is 7.32. The molecule has 0 radical (unpaired) electrons. The minimum atomic E-state index is -0.470. The van der Waals surface area contributed by atoms with E-state index < -0.39 is 5.60 Å². The first-order valence-electron chi connectivity index (χ1n) is 10.2. The third-order valence-electron chi connectivity index (χ3n) is 5.81. The summed E-state index contributed by atoms with van der Waals surface area (Å²) in [6.45, 7) is 8.48. The van der Waals surface area contributed by atoms with Gasteiger partial charge in [0.2, 0.25) is 0 Å². The van der Waals surface area contributed by atoms with E-state index in [1.165, 1.54) is 0 Å². The lowest BCUT2D eigenvalue weighted by atomic mass is 9.94. The fourth-order valence-electron chi connectivity index (χ4n) is 4.33. The Kier molecular flexibility index (Phi) is 4.93. The van der Waals surface area contributed by atoms with Crippen LogP contribution in [-0.4, -0.2) is 74.2 Å². The van der Waals surface area contributed by atoms with Crippen molar-refractivity contribution in [3.8, 4) is 0 Å². The first-order valence-corrected chi connectivity index (χ1v) is 10.2. The number of fused-ring (bicyclic) bond motifs is 2. The van der Waals surface area contributed by atoms with Crippen molar-refractivity contribution in [3.05, 3.63) is 11.9 Å².